The Morgan fingerprint density at radius 1 is 1.12 bits per heavy atom. The lowest BCUT2D eigenvalue weighted by molar-refractivity contribution is 0.101. The lowest BCUT2D eigenvalue weighted by Crippen LogP contribution is -2.36. The molecule has 2 aromatic rings. The summed E-state index contributed by atoms with van der Waals surface area (Å²) in [6, 6.07) is 15.1. The summed E-state index contributed by atoms with van der Waals surface area (Å²) in [5, 5.41) is 0. The van der Waals surface area contributed by atoms with Crippen LogP contribution in [0.2, 0.25) is 0 Å². The summed E-state index contributed by atoms with van der Waals surface area (Å²) in [7, 11) is 2.30. The molecule has 2 aliphatic carbocycles. The Morgan fingerprint density at radius 2 is 1.96 bits per heavy atom. The van der Waals surface area contributed by atoms with Crippen LogP contribution in [0.5, 0.6) is 0 Å². The maximum Gasteiger partial charge on any atom is 0.159 e. The number of aryl methyl sites for hydroxylation is 1. The number of carbonyl (C=O) groups excluding carboxylic acids is 1. The minimum absolute atomic E-state index is 0.133. The molecule has 1 aliphatic heterocycles. The molecule has 0 amide bonds. The van der Waals surface area contributed by atoms with Crippen LogP contribution in [0, 0.1) is 11.3 Å². The highest BCUT2D eigenvalue weighted by molar-refractivity contribution is 5.95. The zero-order valence-corrected chi connectivity index (χ0v) is 15.8. The summed E-state index contributed by atoms with van der Waals surface area (Å²) in [6.07, 6.45) is 5.31. The average Bonchev–Trinajstić information content (AvgIpc) is 3.14. The van der Waals surface area contributed by atoms with E-state index in [9.17, 15) is 4.79 Å². The van der Waals surface area contributed by atoms with E-state index < -0.39 is 0 Å². The zero-order chi connectivity index (χ0) is 17.9. The quantitative estimate of drug-likeness (QED) is 0.720. The average molecular weight is 345 g/mol. The number of ketones is 1. The van der Waals surface area contributed by atoms with Crippen LogP contribution in [0.4, 0.5) is 0 Å². The highest BCUT2D eigenvalue weighted by Gasteiger charge is 2.56. The number of carbonyl (C=O) groups is 1. The molecule has 5 rings (SSSR count). The first-order chi connectivity index (χ1) is 12.6. The van der Waals surface area contributed by atoms with Crippen molar-refractivity contribution in [3.8, 4) is 11.1 Å². The van der Waals surface area contributed by atoms with Crippen LogP contribution < -0.4 is 0 Å². The van der Waals surface area contributed by atoms with Gasteiger partial charge in [0.2, 0.25) is 0 Å². The van der Waals surface area contributed by atoms with Gasteiger partial charge >= 0.3 is 0 Å². The van der Waals surface area contributed by atoms with Gasteiger partial charge in [0, 0.05) is 18.7 Å². The van der Waals surface area contributed by atoms with Crippen molar-refractivity contribution in [3.05, 3.63) is 59.2 Å². The van der Waals surface area contributed by atoms with E-state index in [1.54, 1.807) is 18.1 Å². The number of fused-ring (bicyclic) bond motifs is 2. The van der Waals surface area contributed by atoms with Crippen LogP contribution in [-0.2, 0) is 6.42 Å². The van der Waals surface area contributed by atoms with E-state index >= 15 is 0 Å². The molecule has 134 valence electrons. The fraction of sp³-hybridized carbons (Fsp3) is 0.458. The van der Waals surface area contributed by atoms with E-state index in [0.717, 1.165) is 23.0 Å². The first-order valence-corrected chi connectivity index (χ1v) is 9.99. The minimum atomic E-state index is 0.133. The number of Topliss-reactive ketones (excluding diaryl/α,β-unsaturated/α-hetero) is 1. The molecular weight excluding hydrogens is 318 g/mol. The highest BCUT2D eigenvalue weighted by Crippen LogP contribution is 2.61. The standard InChI is InChI=1S/C24H27NO/c1-16(26)17-4-3-5-18(12-17)19-6-8-22-20(13-19)10-11-24-15-25(2)14-21(24)7-9-23(22)24/h3-6,8,12-13,21,23H,7,9-11,14-15H2,1-2H3/t21-,23-,24+/m1/s1. The van der Waals surface area contributed by atoms with Crippen molar-refractivity contribution >= 4 is 5.78 Å². The second kappa shape index (κ2) is 5.79. The lowest BCUT2D eigenvalue weighted by Gasteiger charge is -2.41. The van der Waals surface area contributed by atoms with E-state index in [2.05, 4.69) is 36.2 Å². The second-order valence-electron chi connectivity index (χ2n) is 8.81. The molecule has 1 saturated carbocycles. The summed E-state index contributed by atoms with van der Waals surface area (Å²) in [6.45, 7) is 4.21. The fourth-order valence-electron chi connectivity index (χ4n) is 6.23. The number of nitrogens with zero attached hydrogens (tertiary/aromatic N) is 1. The van der Waals surface area contributed by atoms with Gasteiger partial charge in [-0.3, -0.25) is 4.79 Å². The third-order valence-electron chi connectivity index (χ3n) is 7.39. The summed E-state index contributed by atoms with van der Waals surface area (Å²) in [4.78, 5) is 14.3. The molecule has 0 aromatic heterocycles. The van der Waals surface area contributed by atoms with Crippen LogP contribution in [0.15, 0.2) is 42.5 Å². The van der Waals surface area contributed by atoms with Crippen molar-refractivity contribution in [2.45, 2.75) is 38.5 Å². The fourth-order valence-corrected chi connectivity index (χ4v) is 6.23. The zero-order valence-electron chi connectivity index (χ0n) is 15.8. The van der Waals surface area contributed by atoms with Crippen molar-refractivity contribution in [1.29, 1.82) is 0 Å². The summed E-state index contributed by atoms with van der Waals surface area (Å²) >= 11 is 0. The Labute approximate surface area is 156 Å². The van der Waals surface area contributed by atoms with E-state index in [1.807, 2.05) is 18.2 Å². The predicted octanol–water partition coefficient (Wildman–Crippen LogP) is 4.93. The van der Waals surface area contributed by atoms with E-state index in [1.165, 1.54) is 44.3 Å². The van der Waals surface area contributed by atoms with Gasteiger partial charge in [0.15, 0.2) is 5.78 Å². The monoisotopic (exact) mass is 345 g/mol. The number of hydrogen-bond acceptors (Lipinski definition) is 2. The molecule has 2 heteroatoms. The molecule has 26 heavy (non-hydrogen) atoms. The molecule has 2 aromatic carbocycles. The van der Waals surface area contributed by atoms with Gasteiger partial charge < -0.3 is 4.90 Å². The van der Waals surface area contributed by atoms with Crippen LogP contribution in [0.3, 0.4) is 0 Å². The van der Waals surface area contributed by atoms with Gasteiger partial charge in [0.1, 0.15) is 0 Å². The molecule has 0 radical (unpaired) electrons. The predicted molar refractivity (Wildman–Crippen MR) is 106 cm³/mol. The van der Waals surface area contributed by atoms with Gasteiger partial charge in [-0.05, 0) is 85.2 Å². The molecule has 1 saturated heterocycles. The van der Waals surface area contributed by atoms with Crippen molar-refractivity contribution < 1.29 is 4.79 Å². The Balaban J connectivity index is 1.52. The maximum atomic E-state index is 11.7. The molecule has 3 aliphatic rings. The van der Waals surface area contributed by atoms with E-state index in [-0.39, 0.29) is 5.78 Å². The number of rotatable bonds is 2. The normalized spacial score (nSPS) is 29.9. The van der Waals surface area contributed by atoms with Crippen LogP contribution in [0.25, 0.3) is 11.1 Å². The highest BCUT2D eigenvalue weighted by atomic mass is 16.1. The largest absolute Gasteiger partial charge is 0.305 e. The smallest absolute Gasteiger partial charge is 0.159 e. The van der Waals surface area contributed by atoms with Gasteiger partial charge in [-0.2, -0.15) is 0 Å². The Bertz CT molecular complexity index is 886. The SMILES string of the molecule is CC(=O)c1cccc(-c2ccc3c(c2)CC[C@]24CN(C)C[C@H]2CC[C@H]34)c1. The Hall–Kier alpha value is -1.93. The molecule has 1 heterocycles. The van der Waals surface area contributed by atoms with E-state index in [4.69, 9.17) is 0 Å². The topological polar surface area (TPSA) is 20.3 Å². The van der Waals surface area contributed by atoms with Crippen LogP contribution in [0.1, 0.15) is 53.6 Å². The van der Waals surface area contributed by atoms with Crippen molar-refractivity contribution in [1.82, 2.24) is 4.90 Å². The van der Waals surface area contributed by atoms with Crippen molar-refractivity contribution in [2.75, 3.05) is 20.1 Å². The Morgan fingerprint density at radius 3 is 2.81 bits per heavy atom. The number of hydrogen-bond donors (Lipinski definition) is 0. The van der Waals surface area contributed by atoms with Crippen molar-refractivity contribution in [2.24, 2.45) is 11.3 Å². The third kappa shape index (κ3) is 2.31. The van der Waals surface area contributed by atoms with Gasteiger partial charge in [-0.25, -0.2) is 0 Å². The maximum absolute atomic E-state index is 11.7. The molecule has 0 unspecified atom stereocenters. The molecule has 2 nitrogen and oxygen atoms in total. The molecule has 0 bridgehead atoms. The van der Waals surface area contributed by atoms with E-state index in [0.29, 0.717) is 5.41 Å². The summed E-state index contributed by atoms with van der Waals surface area (Å²) < 4.78 is 0. The van der Waals surface area contributed by atoms with Gasteiger partial charge in [-0.1, -0.05) is 36.4 Å². The number of benzene rings is 2. The van der Waals surface area contributed by atoms with Crippen LogP contribution in [-0.4, -0.2) is 30.8 Å². The lowest BCUT2D eigenvalue weighted by atomic mass is 9.63. The third-order valence-corrected chi connectivity index (χ3v) is 7.39. The molecule has 0 N–H and O–H groups in total. The van der Waals surface area contributed by atoms with Gasteiger partial charge in [-0.15, -0.1) is 0 Å². The van der Waals surface area contributed by atoms with Gasteiger partial charge in [0.25, 0.3) is 0 Å². The first kappa shape index (κ1) is 16.3. The molecule has 3 atom stereocenters. The van der Waals surface area contributed by atoms with Crippen LogP contribution >= 0.6 is 0 Å². The molecule has 1 spiro atoms. The Kier molecular flexibility index (Phi) is 3.62. The second-order valence-corrected chi connectivity index (χ2v) is 8.81. The minimum Gasteiger partial charge on any atom is -0.305 e. The number of likely N-dealkylation sites (tertiary alicyclic amines) is 1. The van der Waals surface area contributed by atoms with Gasteiger partial charge in [0.05, 0.1) is 0 Å². The van der Waals surface area contributed by atoms with Crippen molar-refractivity contribution in [3.63, 3.8) is 0 Å². The first-order valence-electron chi connectivity index (χ1n) is 9.99. The molecule has 2 fully saturated rings. The molecular formula is C24H27NO. The summed E-state index contributed by atoms with van der Waals surface area (Å²) in [5.41, 5.74) is 6.90. The summed E-state index contributed by atoms with van der Waals surface area (Å²) in [5.74, 6) is 1.78.